The number of thioether (sulfide) groups is 1. The number of amides is 1. The van der Waals surface area contributed by atoms with Crippen molar-refractivity contribution in [1.29, 1.82) is 0 Å². The summed E-state index contributed by atoms with van der Waals surface area (Å²) < 4.78 is 31.6. The Kier molecular flexibility index (Phi) is 33.3. The second-order valence-corrected chi connectivity index (χ2v) is 6.72. The van der Waals surface area contributed by atoms with Crippen LogP contribution < -0.4 is 4.90 Å². The van der Waals surface area contributed by atoms with Gasteiger partial charge in [-0.2, -0.15) is 13.2 Å². The van der Waals surface area contributed by atoms with Crippen LogP contribution in [-0.2, 0) is 103 Å². The number of thiocarbonyl (C=S) groups is 1. The molecule has 0 saturated carbocycles. The Hall–Kier alpha value is 1.19. The fraction of sp³-hybridized carbons (Fsp3) is 0.261. The Balaban J connectivity index is -0.000000177. The molecule has 0 atom stereocenters. The van der Waals surface area contributed by atoms with Gasteiger partial charge in [0.15, 0.2) is 4.32 Å². The van der Waals surface area contributed by atoms with E-state index < -0.39 is 6.18 Å². The van der Waals surface area contributed by atoms with Gasteiger partial charge in [-0.05, 0) is 23.8 Å². The topological polar surface area (TPSA) is 20.3 Å². The first-order valence-corrected chi connectivity index (χ1v) is 10.4. The van der Waals surface area contributed by atoms with E-state index in [2.05, 4.69) is 0 Å². The van der Waals surface area contributed by atoms with Crippen LogP contribution in [0.2, 0.25) is 0 Å². The van der Waals surface area contributed by atoms with Crippen LogP contribution >= 0.6 is 24.0 Å². The van der Waals surface area contributed by atoms with E-state index in [1.165, 1.54) is 11.8 Å². The van der Waals surface area contributed by atoms with E-state index in [1.807, 2.05) is 94.4 Å². The molecule has 2 aromatic carbocycles. The maximum Gasteiger partial charge on any atom is 0.386 e. The van der Waals surface area contributed by atoms with Gasteiger partial charge in [-0.1, -0.05) is 100 Å². The number of benzene rings is 2. The summed E-state index contributed by atoms with van der Waals surface area (Å²) in [6, 6.07) is 19.3. The van der Waals surface area contributed by atoms with Gasteiger partial charge in [-0.3, -0.25) is 9.69 Å². The molecule has 10 heteroatoms. The Labute approximate surface area is 282 Å². The molecular formula is C23H29F3NOS2Y3-. The van der Waals surface area contributed by atoms with Crippen LogP contribution in [0, 0.1) is 7.43 Å². The van der Waals surface area contributed by atoms with Crippen molar-refractivity contribution in [2.45, 2.75) is 40.8 Å². The van der Waals surface area contributed by atoms with Crippen molar-refractivity contribution in [3.05, 3.63) is 78.6 Å². The van der Waals surface area contributed by atoms with Gasteiger partial charge < -0.3 is 7.43 Å². The van der Waals surface area contributed by atoms with Gasteiger partial charge >= 0.3 is 6.18 Å². The minimum atomic E-state index is -4.00. The molecule has 1 aliphatic heterocycles. The Morgan fingerprint density at radius 2 is 1.21 bits per heavy atom. The van der Waals surface area contributed by atoms with E-state index >= 15 is 0 Å². The molecule has 1 aliphatic rings. The predicted molar refractivity (Wildman–Crippen MR) is 129 cm³/mol. The van der Waals surface area contributed by atoms with Crippen LogP contribution in [0.25, 0.3) is 6.08 Å². The van der Waals surface area contributed by atoms with Gasteiger partial charge in [0.2, 0.25) is 0 Å². The van der Waals surface area contributed by atoms with Crippen LogP contribution in [0.15, 0.2) is 65.6 Å². The van der Waals surface area contributed by atoms with Crippen LogP contribution in [-0.4, -0.2) is 16.4 Å². The molecule has 3 rings (SSSR count). The van der Waals surface area contributed by atoms with Gasteiger partial charge in [0.25, 0.3) is 5.91 Å². The predicted octanol–water partition coefficient (Wildman–Crippen LogP) is 8.16. The number of carbonyl (C=O) groups is 1. The van der Waals surface area contributed by atoms with Crippen LogP contribution in [0.3, 0.4) is 0 Å². The van der Waals surface area contributed by atoms with Gasteiger partial charge in [-0.15, -0.1) is 0 Å². The van der Waals surface area contributed by atoms with E-state index in [4.69, 9.17) is 12.2 Å². The molecule has 0 bridgehead atoms. The molecule has 2 aromatic rings. The summed E-state index contributed by atoms with van der Waals surface area (Å²) >= 11 is 6.66. The number of nitrogens with zero attached hydrogens (tertiary/aromatic N) is 1. The van der Waals surface area contributed by atoms with Crippen molar-refractivity contribution in [3.63, 3.8) is 0 Å². The van der Waals surface area contributed by atoms with Gasteiger partial charge in [0, 0.05) is 105 Å². The minimum absolute atomic E-state index is 0. The molecule has 3 radical (unpaired) electrons. The molecule has 0 aliphatic carbocycles. The Morgan fingerprint density at radius 1 is 0.848 bits per heavy atom. The second kappa shape index (κ2) is 24.9. The molecule has 175 valence electrons. The standard InChI is InChI=1S/C16H11NOS2.C2H3F3.2C2H6.CH3.3Y/c18-15-14(11-12-7-3-1-4-8-12)20-16(19)17(15)13-9-5-2-6-10-13;1-2(3,4)5;2*1-2;;;;/h1-11H;1H3;2*1-2H3;1H3;;;/q;;;;-1;;;. The third kappa shape index (κ3) is 19.0. The van der Waals surface area contributed by atoms with Gasteiger partial charge in [-0.25, -0.2) is 0 Å². The average molecular weight is 723 g/mol. The monoisotopic (exact) mass is 723 g/mol. The molecule has 1 fully saturated rings. The fourth-order valence-electron chi connectivity index (χ4n) is 1.97. The van der Waals surface area contributed by atoms with Crippen molar-refractivity contribution in [2.75, 3.05) is 4.90 Å². The van der Waals surface area contributed by atoms with Crippen LogP contribution in [0.4, 0.5) is 18.9 Å². The molecule has 1 amide bonds. The maximum absolute atomic E-state index is 12.5. The summed E-state index contributed by atoms with van der Waals surface area (Å²) in [7, 11) is 0. The molecule has 1 saturated heterocycles. The zero-order valence-electron chi connectivity index (χ0n) is 19.9. The number of halogens is 3. The third-order valence-corrected chi connectivity index (χ3v) is 4.21. The van der Waals surface area contributed by atoms with Crippen molar-refractivity contribution in [1.82, 2.24) is 0 Å². The fourth-order valence-corrected chi connectivity index (χ4v) is 3.27. The summed E-state index contributed by atoms with van der Waals surface area (Å²) in [4.78, 5) is 14.7. The number of anilines is 1. The summed E-state index contributed by atoms with van der Waals surface area (Å²) in [6.07, 6.45) is -2.12. The Bertz CT molecular complexity index is 785. The third-order valence-electron chi connectivity index (χ3n) is 2.91. The summed E-state index contributed by atoms with van der Waals surface area (Å²) in [5.74, 6) is -0.0601. The minimum Gasteiger partial charge on any atom is -0.358 e. The molecule has 0 spiro atoms. The zero-order valence-corrected chi connectivity index (χ0v) is 30.0. The zero-order chi connectivity index (χ0) is 22.4. The molecule has 1 heterocycles. The largest absolute Gasteiger partial charge is 0.386 e. The average Bonchev–Trinajstić information content (AvgIpc) is 2.98. The summed E-state index contributed by atoms with van der Waals surface area (Å²) in [6.45, 7) is 8.19. The van der Waals surface area contributed by atoms with Crippen molar-refractivity contribution >= 4 is 46.0 Å². The molecule has 0 aromatic heterocycles. The smallest absolute Gasteiger partial charge is 0.358 e. The van der Waals surface area contributed by atoms with Crippen molar-refractivity contribution in [3.8, 4) is 0 Å². The SMILES string of the molecule is CC.CC.CC(F)(F)F.O=C1C(=Cc2ccccc2)SC(=S)N1c1ccccc1.[CH3-].[Y].[Y].[Y]. The molecule has 33 heavy (non-hydrogen) atoms. The number of carbonyl (C=O) groups excluding carboxylic acids is 1. The quantitative estimate of drug-likeness (QED) is 0.177. The van der Waals surface area contributed by atoms with Crippen molar-refractivity contribution in [2.24, 2.45) is 0 Å². The molecule has 2 nitrogen and oxygen atoms in total. The summed E-state index contributed by atoms with van der Waals surface area (Å²) in [5.41, 5.74) is 1.81. The van der Waals surface area contributed by atoms with Gasteiger partial charge in [0.05, 0.1) is 10.6 Å². The molecule has 0 unspecified atom stereocenters. The van der Waals surface area contributed by atoms with E-state index in [0.29, 0.717) is 9.23 Å². The first-order valence-electron chi connectivity index (χ1n) is 9.20. The van der Waals surface area contributed by atoms with E-state index in [1.54, 1.807) is 4.90 Å². The summed E-state index contributed by atoms with van der Waals surface area (Å²) in [5, 5.41) is 0. The second-order valence-electron chi connectivity index (χ2n) is 5.04. The van der Waals surface area contributed by atoms with Crippen LogP contribution in [0.5, 0.6) is 0 Å². The number of para-hydroxylation sites is 1. The number of hydrogen-bond acceptors (Lipinski definition) is 3. The van der Waals surface area contributed by atoms with E-state index in [0.717, 1.165) is 11.3 Å². The van der Waals surface area contributed by atoms with Gasteiger partial charge in [0.1, 0.15) is 0 Å². The van der Waals surface area contributed by atoms with E-state index in [9.17, 15) is 18.0 Å². The first kappa shape index (κ1) is 44.2. The number of alkyl halides is 3. The van der Waals surface area contributed by atoms with Crippen LogP contribution in [0.1, 0.15) is 40.2 Å². The Morgan fingerprint density at radius 3 is 1.61 bits per heavy atom. The normalized spacial score (nSPS) is 12.5. The maximum atomic E-state index is 12.5. The van der Waals surface area contributed by atoms with Crippen molar-refractivity contribution < 1.29 is 116 Å². The molecular weight excluding hydrogens is 694 g/mol. The van der Waals surface area contributed by atoms with E-state index in [-0.39, 0.29) is 118 Å². The number of hydrogen-bond donors (Lipinski definition) is 0. The molecule has 0 N–H and O–H groups in total. The number of rotatable bonds is 2. The first-order chi connectivity index (χ1) is 13.8.